The third-order valence-electron chi connectivity index (χ3n) is 2.38. The summed E-state index contributed by atoms with van der Waals surface area (Å²) in [5.41, 5.74) is 0. The zero-order valence-corrected chi connectivity index (χ0v) is 10.8. The number of methoxy groups -OCH3 is 1. The Kier molecular flexibility index (Phi) is 6.44. The fourth-order valence-electron chi connectivity index (χ4n) is 1.42. The number of rotatable bonds is 8. The molecule has 7 heteroatoms. The van der Waals surface area contributed by atoms with E-state index in [4.69, 9.17) is 9.15 Å². The fourth-order valence-corrected chi connectivity index (χ4v) is 1.42. The highest BCUT2D eigenvalue weighted by molar-refractivity contribution is 5.86. The van der Waals surface area contributed by atoms with Crippen molar-refractivity contribution in [1.82, 2.24) is 5.32 Å². The molecule has 1 rings (SSSR count). The summed E-state index contributed by atoms with van der Waals surface area (Å²) in [4.78, 5) is 11.2. The normalized spacial score (nSPS) is 12.7. The van der Waals surface area contributed by atoms with Gasteiger partial charge in [0.25, 0.3) is 6.43 Å². The van der Waals surface area contributed by atoms with E-state index in [2.05, 4.69) is 10.1 Å². The molecular weight excluding hydrogens is 260 g/mol. The van der Waals surface area contributed by atoms with Gasteiger partial charge in [-0.05, 0) is 19.1 Å². The highest BCUT2D eigenvalue weighted by Crippen LogP contribution is 2.16. The van der Waals surface area contributed by atoms with Crippen molar-refractivity contribution in [2.75, 3.05) is 26.9 Å². The number of nitrogens with one attached hydrogen (secondary N) is 1. The predicted molar refractivity (Wildman–Crippen MR) is 63.3 cm³/mol. The Morgan fingerprint density at radius 2 is 2.21 bits per heavy atom. The minimum absolute atomic E-state index is 0.125. The number of carbonyl (C=O) groups excluding carboxylic acids is 1. The van der Waals surface area contributed by atoms with Gasteiger partial charge in [-0.25, -0.2) is 13.6 Å². The first-order chi connectivity index (χ1) is 9.04. The van der Waals surface area contributed by atoms with Crippen LogP contribution in [-0.4, -0.2) is 39.3 Å². The standard InChI is InChI=1S/C12H17F2NO4/c1-8(15-5-6-18-7-11(13)14)9-3-4-10(19-9)12(16)17-2/h3-4,8,11,15H,5-7H2,1-2H3. The van der Waals surface area contributed by atoms with E-state index in [0.29, 0.717) is 12.3 Å². The van der Waals surface area contributed by atoms with Crippen LogP contribution in [0.15, 0.2) is 16.5 Å². The number of carbonyl (C=O) groups is 1. The van der Waals surface area contributed by atoms with E-state index in [1.807, 2.05) is 6.92 Å². The Bertz CT molecular complexity index is 395. The Labute approximate surface area is 109 Å². The molecule has 0 fully saturated rings. The average molecular weight is 277 g/mol. The van der Waals surface area contributed by atoms with Gasteiger partial charge in [0.1, 0.15) is 12.4 Å². The van der Waals surface area contributed by atoms with E-state index in [9.17, 15) is 13.6 Å². The molecule has 1 unspecified atom stereocenters. The molecule has 19 heavy (non-hydrogen) atoms. The Morgan fingerprint density at radius 3 is 2.84 bits per heavy atom. The topological polar surface area (TPSA) is 60.7 Å². The molecule has 0 radical (unpaired) electrons. The molecule has 0 bridgehead atoms. The summed E-state index contributed by atoms with van der Waals surface area (Å²) in [6, 6.07) is 3.02. The van der Waals surface area contributed by atoms with E-state index < -0.39 is 19.0 Å². The van der Waals surface area contributed by atoms with Crippen molar-refractivity contribution < 1.29 is 27.5 Å². The van der Waals surface area contributed by atoms with Gasteiger partial charge in [-0.15, -0.1) is 0 Å². The second kappa shape index (κ2) is 7.85. The average Bonchev–Trinajstić information content (AvgIpc) is 2.86. The smallest absolute Gasteiger partial charge is 0.373 e. The lowest BCUT2D eigenvalue weighted by molar-refractivity contribution is 0.0182. The van der Waals surface area contributed by atoms with Crippen molar-refractivity contribution in [3.05, 3.63) is 23.7 Å². The fraction of sp³-hybridized carbons (Fsp3) is 0.583. The third-order valence-corrected chi connectivity index (χ3v) is 2.38. The van der Waals surface area contributed by atoms with Gasteiger partial charge in [-0.2, -0.15) is 0 Å². The number of hydrogen-bond acceptors (Lipinski definition) is 5. The Hall–Kier alpha value is -1.47. The molecule has 0 aromatic carbocycles. The molecule has 0 aliphatic carbocycles. The van der Waals surface area contributed by atoms with Crippen LogP contribution in [0.25, 0.3) is 0 Å². The molecular formula is C12H17F2NO4. The van der Waals surface area contributed by atoms with Crippen molar-refractivity contribution in [2.45, 2.75) is 19.4 Å². The SMILES string of the molecule is COC(=O)c1ccc(C(C)NCCOCC(F)F)o1. The van der Waals surface area contributed by atoms with Gasteiger partial charge in [0.2, 0.25) is 5.76 Å². The van der Waals surface area contributed by atoms with Crippen LogP contribution in [0.3, 0.4) is 0 Å². The first-order valence-corrected chi connectivity index (χ1v) is 5.82. The van der Waals surface area contributed by atoms with Gasteiger partial charge in [0.15, 0.2) is 0 Å². The van der Waals surface area contributed by atoms with Crippen LogP contribution < -0.4 is 5.32 Å². The monoisotopic (exact) mass is 277 g/mol. The van der Waals surface area contributed by atoms with Crippen LogP contribution >= 0.6 is 0 Å². The lowest BCUT2D eigenvalue weighted by Gasteiger charge is -2.11. The van der Waals surface area contributed by atoms with Crippen LogP contribution in [0.5, 0.6) is 0 Å². The molecule has 1 heterocycles. The summed E-state index contributed by atoms with van der Waals surface area (Å²) in [7, 11) is 1.27. The molecule has 108 valence electrons. The van der Waals surface area contributed by atoms with Gasteiger partial charge in [0, 0.05) is 6.54 Å². The molecule has 0 amide bonds. The van der Waals surface area contributed by atoms with E-state index in [1.165, 1.54) is 13.2 Å². The third kappa shape index (κ3) is 5.35. The maximum absolute atomic E-state index is 11.8. The number of halogens is 2. The lowest BCUT2D eigenvalue weighted by atomic mass is 10.2. The largest absolute Gasteiger partial charge is 0.463 e. The van der Waals surface area contributed by atoms with Gasteiger partial charge in [0.05, 0.1) is 19.8 Å². The number of alkyl halides is 2. The van der Waals surface area contributed by atoms with Gasteiger partial charge < -0.3 is 19.2 Å². The summed E-state index contributed by atoms with van der Waals surface area (Å²) in [6.45, 7) is 1.84. The van der Waals surface area contributed by atoms with Gasteiger partial charge >= 0.3 is 5.97 Å². The molecule has 1 N–H and O–H groups in total. The number of ether oxygens (including phenoxy) is 2. The van der Waals surface area contributed by atoms with Crippen molar-refractivity contribution in [3.8, 4) is 0 Å². The molecule has 1 atom stereocenters. The molecule has 1 aromatic heterocycles. The van der Waals surface area contributed by atoms with Crippen molar-refractivity contribution in [1.29, 1.82) is 0 Å². The zero-order chi connectivity index (χ0) is 14.3. The first kappa shape index (κ1) is 15.6. The summed E-state index contributed by atoms with van der Waals surface area (Å²) in [5, 5.41) is 3.03. The molecule has 0 saturated carbocycles. The maximum atomic E-state index is 11.8. The minimum Gasteiger partial charge on any atom is -0.463 e. The summed E-state index contributed by atoms with van der Waals surface area (Å²) in [5.74, 6) is 0.146. The molecule has 1 aromatic rings. The van der Waals surface area contributed by atoms with E-state index >= 15 is 0 Å². The quantitative estimate of drug-likeness (QED) is 0.581. The second-order valence-corrected chi connectivity index (χ2v) is 3.84. The van der Waals surface area contributed by atoms with Gasteiger partial charge in [-0.1, -0.05) is 0 Å². The Balaban J connectivity index is 2.31. The van der Waals surface area contributed by atoms with E-state index in [0.717, 1.165) is 0 Å². The summed E-state index contributed by atoms with van der Waals surface area (Å²) >= 11 is 0. The number of furan rings is 1. The zero-order valence-electron chi connectivity index (χ0n) is 10.8. The van der Waals surface area contributed by atoms with Crippen LogP contribution in [0.1, 0.15) is 29.3 Å². The second-order valence-electron chi connectivity index (χ2n) is 3.84. The van der Waals surface area contributed by atoms with Gasteiger partial charge in [-0.3, -0.25) is 0 Å². The van der Waals surface area contributed by atoms with Crippen molar-refractivity contribution in [2.24, 2.45) is 0 Å². The number of hydrogen-bond donors (Lipinski definition) is 1. The highest BCUT2D eigenvalue weighted by atomic mass is 19.3. The lowest BCUT2D eigenvalue weighted by Crippen LogP contribution is -2.23. The predicted octanol–water partition coefficient (Wildman–Crippen LogP) is 2.00. The van der Waals surface area contributed by atoms with Crippen molar-refractivity contribution >= 4 is 5.97 Å². The van der Waals surface area contributed by atoms with Crippen LogP contribution in [0, 0.1) is 0 Å². The molecule has 0 spiro atoms. The maximum Gasteiger partial charge on any atom is 0.373 e. The molecule has 5 nitrogen and oxygen atoms in total. The van der Waals surface area contributed by atoms with E-state index in [-0.39, 0.29) is 18.4 Å². The highest BCUT2D eigenvalue weighted by Gasteiger charge is 2.14. The number of esters is 1. The van der Waals surface area contributed by atoms with E-state index in [1.54, 1.807) is 6.07 Å². The van der Waals surface area contributed by atoms with Crippen LogP contribution in [0.4, 0.5) is 8.78 Å². The minimum atomic E-state index is -2.45. The summed E-state index contributed by atoms with van der Waals surface area (Å²) < 4.78 is 38.1. The summed E-state index contributed by atoms with van der Waals surface area (Å²) in [6.07, 6.45) is -2.45. The molecule has 0 aliphatic rings. The molecule has 0 aliphatic heterocycles. The van der Waals surface area contributed by atoms with Crippen molar-refractivity contribution in [3.63, 3.8) is 0 Å². The van der Waals surface area contributed by atoms with Crippen LogP contribution in [-0.2, 0) is 9.47 Å². The Morgan fingerprint density at radius 1 is 1.47 bits per heavy atom. The van der Waals surface area contributed by atoms with Crippen LogP contribution in [0.2, 0.25) is 0 Å². The first-order valence-electron chi connectivity index (χ1n) is 5.82. The molecule has 0 saturated heterocycles.